The minimum Gasteiger partial charge on any atom is -0.349 e. The quantitative estimate of drug-likeness (QED) is 0.918. The third-order valence-corrected chi connectivity index (χ3v) is 4.80. The molecular weight excluding hydrogens is 280 g/mol. The maximum Gasteiger partial charge on any atom is 0.261 e. The number of hydrogen-bond donors (Lipinski definition) is 1. The van der Waals surface area contributed by atoms with E-state index in [1.54, 1.807) is 11.3 Å². The summed E-state index contributed by atoms with van der Waals surface area (Å²) in [5.74, 6) is 0.0129. The number of thiophene rings is 1. The van der Waals surface area contributed by atoms with Crippen molar-refractivity contribution in [3.05, 3.63) is 57.3 Å². The number of carbonyl (C=O) groups excluding carboxylic acids is 1. The number of nitrogens with one attached hydrogen (secondary N) is 1. The van der Waals surface area contributed by atoms with Crippen molar-refractivity contribution in [1.29, 1.82) is 0 Å². The summed E-state index contributed by atoms with van der Waals surface area (Å²) < 4.78 is 0. The van der Waals surface area contributed by atoms with Crippen LogP contribution in [0.25, 0.3) is 0 Å². The molecule has 3 nitrogen and oxygen atoms in total. The number of carbonyl (C=O) groups is 1. The largest absolute Gasteiger partial charge is 0.349 e. The Morgan fingerprint density at radius 1 is 1.24 bits per heavy atom. The first-order valence-electron chi connectivity index (χ1n) is 7.05. The van der Waals surface area contributed by atoms with Gasteiger partial charge >= 0.3 is 0 Å². The molecule has 0 unspecified atom stereocenters. The molecule has 0 saturated heterocycles. The van der Waals surface area contributed by atoms with Gasteiger partial charge in [-0.2, -0.15) is 0 Å². The number of amides is 1. The van der Waals surface area contributed by atoms with E-state index in [2.05, 4.69) is 22.3 Å². The van der Waals surface area contributed by atoms with E-state index in [4.69, 9.17) is 0 Å². The molecule has 21 heavy (non-hydrogen) atoms. The van der Waals surface area contributed by atoms with Crippen molar-refractivity contribution in [3.63, 3.8) is 0 Å². The Morgan fingerprint density at radius 2 is 1.90 bits per heavy atom. The van der Waals surface area contributed by atoms with Crippen LogP contribution in [-0.2, 0) is 0 Å². The van der Waals surface area contributed by atoms with E-state index in [9.17, 15) is 4.79 Å². The molecule has 1 aromatic carbocycles. The van der Waals surface area contributed by atoms with Crippen molar-refractivity contribution in [2.75, 3.05) is 20.6 Å². The van der Waals surface area contributed by atoms with Crippen molar-refractivity contribution in [1.82, 2.24) is 10.2 Å². The Morgan fingerprint density at radius 3 is 2.43 bits per heavy atom. The van der Waals surface area contributed by atoms with Crippen molar-refractivity contribution in [2.45, 2.75) is 19.9 Å². The lowest BCUT2D eigenvalue weighted by molar-refractivity contribution is 0.0946. The molecule has 0 spiro atoms. The van der Waals surface area contributed by atoms with Gasteiger partial charge in [-0.25, -0.2) is 0 Å². The van der Waals surface area contributed by atoms with Gasteiger partial charge in [0.2, 0.25) is 0 Å². The topological polar surface area (TPSA) is 32.3 Å². The second-order valence-corrected chi connectivity index (χ2v) is 6.71. The third-order valence-electron chi connectivity index (χ3n) is 3.65. The minimum atomic E-state index is 0.0129. The van der Waals surface area contributed by atoms with Gasteiger partial charge in [-0.05, 0) is 45.1 Å². The van der Waals surface area contributed by atoms with E-state index >= 15 is 0 Å². The molecule has 0 fully saturated rings. The molecule has 0 bridgehead atoms. The summed E-state index contributed by atoms with van der Waals surface area (Å²) in [6, 6.07) is 12.4. The summed E-state index contributed by atoms with van der Waals surface area (Å²) in [6.45, 7) is 4.68. The average molecular weight is 302 g/mol. The molecule has 1 aromatic heterocycles. The van der Waals surface area contributed by atoms with Gasteiger partial charge < -0.3 is 10.2 Å². The summed E-state index contributed by atoms with van der Waals surface area (Å²) in [5, 5.41) is 3.05. The molecular formula is C17H22N2OS. The average Bonchev–Trinajstić information content (AvgIpc) is 2.79. The van der Waals surface area contributed by atoms with E-state index in [0.717, 1.165) is 4.88 Å². The smallest absolute Gasteiger partial charge is 0.261 e. The molecule has 0 saturated carbocycles. The molecule has 1 N–H and O–H groups in total. The second kappa shape index (κ2) is 6.87. The molecule has 0 aliphatic heterocycles. The zero-order chi connectivity index (χ0) is 15.4. The van der Waals surface area contributed by atoms with Gasteiger partial charge in [0.05, 0.1) is 10.9 Å². The number of nitrogens with zero attached hydrogens (tertiary/aromatic N) is 1. The first-order chi connectivity index (χ1) is 9.99. The molecule has 1 atom stereocenters. The van der Waals surface area contributed by atoms with Gasteiger partial charge in [0, 0.05) is 11.4 Å². The van der Waals surface area contributed by atoms with Gasteiger partial charge in [0.1, 0.15) is 0 Å². The van der Waals surface area contributed by atoms with Crippen LogP contribution in [-0.4, -0.2) is 31.4 Å². The van der Waals surface area contributed by atoms with Crippen LogP contribution in [0.3, 0.4) is 0 Å². The fourth-order valence-corrected chi connectivity index (χ4v) is 3.19. The summed E-state index contributed by atoms with van der Waals surface area (Å²) in [6.07, 6.45) is 0. The lowest BCUT2D eigenvalue weighted by Gasteiger charge is -2.25. The van der Waals surface area contributed by atoms with E-state index in [1.165, 1.54) is 16.0 Å². The Bertz CT molecular complexity index is 585. The van der Waals surface area contributed by atoms with E-state index in [0.29, 0.717) is 6.54 Å². The highest BCUT2D eigenvalue weighted by Crippen LogP contribution is 2.21. The standard InChI is InChI=1S/C17H22N2OS/c1-12-10-16(21-13(12)2)17(20)18-11-15(19(3)4)14-8-6-5-7-9-14/h5-10,15H,11H2,1-4H3,(H,18,20)/t15-/m1/s1. The third kappa shape index (κ3) is 3.93. The molecule has 0 radical (unpaired) electrons. The summed E-state index contributed by atoms with van der Waals surface area (Å²) in [5.41, 5.74) is 2.39. The predicted octanol–water partition coefficient (Wildman–Crippen LogP) is 3.40. The number of rotatable bonds is 5. The van der Waals surface area contributed by atoms with Gasteiger partial charge in [0.15, 0.2) is 0 Å². The highest BCUT2D eigenvalue weighted by molar-refractivity contribution is 7.14. The van der Waals surface area contributed by atoms with Gasteiger partial charge in [-0.3, -0.25) is 4.79 Å². The summed E-state index contributed by atoms with van der Waals surface area (Å²) in [7, 11) is 4.06. The number of benzene rings is 1. The molecule has 2 aromatic rings. The Labute approximate surface area is 130 Å². The first kappa shape index (κ1) is 15.7. The highest BCUT2D eigenvalue weighted by Gasteiger charge is 2.16. The van der Waals surface area contributed by atoms with Crippen molar-refractivity contribution in [3.8, 4) is 0 Å². The zero-order valence-corrected chi connectivity index (χ0v) is 13.8. The monoisotopic (exact) mass is 302 g/mol. The number of aryl methyl sites for hydroxylation is 2. The van der Waals surface area contributed by atoms with E-state index < -0.39 is 0 Å². The molecule has 0 aliphatic carbocycles. The Kier molecular flexibility index (Phi) is 5.15. The van der Waals surface area contributed by atoms with Crippen LogP contribution in [0.4, 0.5) is 0 Å². The lowest BCUT2D eigenvalue weighted by atomic mass is 10.1. The summed E-state index contributed by atoms with van der Waals surface area (Å²) in [4.78, 5) is 16.4. The van der Waals surface area contributed by atoms with Crippen LogP contribution >= 0.6 is 11.3 Å². The molecule has 2 rings (SSSR count). The maximum atomic E-state index is 12.2. The van der Waals surface area contributed by atoms with Crippen LogP contribution in [0.15, 0.2) is 36.4 Å². The number of hydrogen-bond acceptors (Lipinski definition) is 3. The molecule has 0 aliphatic rings. The van der Waals surface area contributed by atoms with Gasteiger partial charge in [0.25, 0.3) is 5.91 Å². The Balaban J connectivity index is 2.04. The summed E-state index contributed by atoms with van der Waals surface area (Å²) >= 11 is 1.55. The van der Waals surface area contributed by atoms with E-state index in [1.807, 2.05) is 52.2 Å². The highest BCUT2D eigenvalue weighted by atomic mass is 32.1. The lowest BCUT2D eigenvalue weighted by Crippen LogP contribution is -2.34. The van der Waals surface area contributed by atoms with Crippen LogP contribution < -0.4 is 5.32 Å². The molecule has 1 heterocycles. The maximum absolute atomic E-state index is 12.2. The van der Waals surface area contributed by atoms with Crippen LogP contribution in [0.1, 0.15) is 31.7 Å². The van der Waals surface area contributed by atoms with E-state index in [-0.39, 0.29) is 11.9 Å². The van der Waals surface area contributed by atoms with Crippen molar-refractivity contribution in [2.24, 2.45) is 0 Å². The van der Waals surface area contributed by atoms with Crippen LogP contribution in [0, 0.1) is 13.8 Å². The van der Waals surface area contributed by atoms with Crippen LogP contribution in [0.2, 0.25) is 0 Å². The molecule has 112 valence electrons. The minimum absolute atomic E-state index is 0.0129. The normalized spacial score (nSPS) is 12.4. The van der Waals surface area contributed by atoms with Crippen molar-refractivity contribution < 1.29 is 4.79 Å². The molecule has 4 heteroatoms. The van der Waals surface area contributed by atoms with Gasteiger partial charge in [-0.15, -0.1) is 11.3 Å². The van der Waals surface area contributed by atoms with Crippen LogP contribution in [0.5, 0.6) is 0 Å². The predicted molar refractivity (Wildman–Crippen MR) is 89.0 cm³/mol. The number of likely N-dealkylation sites (N-methyl/N-ethyl adjacent to an activating group) is 1. The molecule has 1 amide bonds. The van der Waals surface area contributed by atoms with Gasteiger partial charge in [-0.1, -0.05) is 30.3 Å². The first-order valence-corrected chi connectivity index (χ1v) is 7.87. The van der Waals surface area contributed by atoms with Crippen molar-refractivity contribution >= 4 is 17.2 Å². The second-order valence-electron chi connectivity index (χ2n) is 5.45. The Hall–Kier alpha value is -1.65. The zero-order valence-electron chi connectivity index (χ0n) is 13.0. The fourth-order valence-electron chi connectivity index (χ4n) is 2.24. The SMILES string of the molecule is Cc1cc(C(=O)NC[C@H](c2ccccc2)N(C)C)sc1C. The fraction of sp³-hybridized carbons (Fsp3) is 0.353.